The molecule has 146 valence electrons. The molecule has 0 amide bonds. The lowest BCUT2D eigenvalue weighted by Crippen LogP contribution is -2.54. The number of esters is 1. The van der Waals surface area contributed by atoms with Gasteiger partial charge in [-0.2, -0.15) is 5.26 Å². The number of carbonyl (C=O) groups excluding carboxylic acids is 1. The maximum Gasteiger partial charge on any atom is 0.325 e. The van der Waals surface area contributed by atoms with Crippen LogP contribution in [0.5, 0.6) is 5.75 Å². The minimum Gasteiger partial charge on any atom is -0.485 e. The first-order valence-corrected chi connectivity index (χ1v) is 9.26. The number of nitrogens with zero attached hydrogens (tertiary/aromatic N) is 2. The quantitative estimate of drug-likeness (QED) is 0.802. The van der Waals surface area contributed by atoms with Gasteiger partial charge >= 0.3 is 5.97 Å². The highest BCUT2D eigenvalue weighted by molar-refractivity contribution is 5.76. The Morgan fingerprint density at radius 2 is 2.00 bits per heavy atom. The van der Waals surface area contributed by atoms with Gasteiger partial charge in [0.25, 0.3) is 0 Å². The molecule has 2 aromatic carbocycles. The van der Waals surface area contributed by atoms with Crippen molar-refractivity contribution in [3.63, 3.8) is 0 Å². The van der Waals surface area contributed by atoms with Crippen molar-refractivity contribution < 1.29 is 19.4 Å². The number of nitriles is 1. The molecular weight excluding hydrogens is 356 g/mol. The van der Waals surface area contributed by atoms with E-state index in [1.54, 1.807) is 39.0 Å². The third-order valence-electron chi connectivity index (χ3n) is 4.87. The molecule has 0 radical (unpaired) electrons. The monoisotopic (exact) mass is 380 g/mol. The van der Waals surface area contributed by atoms with E-state index in [-0.39, 0.29) is 19.1 Å². The van der Waals surface area contributed by atoms with Crippen LogP contribution in [0.3, 0.4) is 0 Å². The minimum absolute atomic E-state index is 0.0358. The molecule has 0 saturated carbocycles. The summed E-state index contributed by atoms with van der Waals surface area (Å²) in [6, 6.07) is 16.1. The van der Waals surface area contributed by atoms with E-state index in [9.17, 15) is 15.2 Å². The zero-order chi connectivity index (χ0) is 20.3. The normalized spacial score (nSPS) is 19.7. The number of carbonyl (C=O) groups is 1. The molecule has 1 aliphatic heterocycles. The third kappa shape index (κ3) is 3.80. The lowest BCUT2D eigenvalue weighted by molar-refractivity contribution is -0.141. The van der Waals surface area contributed by atoms with Crippen LogP contribution in [0.25, 0.3) is 0 Å². The van der Waals surface area contributed by atoms with Gasteiger partial charge in [0.1, 0.15) is 24.0 Å². The first kappa shape index (κ1) is 19.7. The van der Waals surface area contributed by atoms with E-state index in [1.165, 1.54) is 0 Å². The van der Waals surface area contributed by atoms with Gasteiger partial charge < -0.3 is 19.5 Å². The molecule has 6 nitrogen and oxygen atoms in total. The highest BCUT2D eigenvalue weighted by Gasteiger charge is 2.46. The van der Waals surface area contributed by atoms with Crippen molar-refractivity contribution >= 4 is 11.7 Å². The summed E-state index contributed by atoms with van der Waals surface area (Å²) in [7, 11) is 0. The Balaban J connectivity index is 2.14. The van der Waals surface area contributed by atoms with Crippen LogP contribution in [0.1, 0.15) is 37.9 Å². The van der Waals surface area contributed by atoms with Crippen molar-refractivity contribution in [1.29, 1.82) is 5.26 Å². The lowest BCUT2D eigenvalue weighted by Gasteiger charge is -2.46. The van der Waals surface area contributed by atoms with Crippen molar-refractivity contribution in [1.82, 2.24) is 0 Å². The average molecular weight is 380 g/mol. The Hall–Kier alpha value is -3.04. The molecule has 0 saturated heterocycles. The Kier molecular flexibility index (Phi) is 5.57. The van der Waals surface area contributed by atoms with Gasteiger partial charge in [0.2, 0.25) is 0 Å². The number of hydrogen-bond acceptors (Lipinski definition) is 6. The molecular formula is C22H24N2O4. The van der Waals surface area contributed by atoms with Crippen LogP contribution >= 0.6 is 0 Å². The molecule has 0 bridgehead atoms. The minimum atomic E-state index is -0.941. The van der Waals surface area contributed by atoms with Gasteiger partial charge in [0.15, 0.2) is 0 Å². The second-order valence-electron chi connectivity index (χ2n) is 7.23. The maximum absolute atomic E-state index is 12.3. The molecule has 6 heteroatoms. The SMILES string of the molecule is CCOC(=O)CN(c1ccccc1)[C@@H]1c2cc(C#N)ccc2OC(C)(C)[C@H]1O. The van der Waals surface area contributed by atoms with Gasteiger partial charge in [-0.25, -0.2) is 0 Å². The summed E-state index contributed by atoms with van der Waals surface area (Å²) in [6.07, 6.45) is -0.941. The molecule has 0 unspecified atom stereocenters. The second kappa shape index (κ2) is 7.91. The molecule has 1 aliphatic rings. The van der Waals surface area contributed by atoms with E-state index in [0.717, 1.165) is 5.69 Å². The molecule has 1 N–H and O–H groups in total. The number of aliphatic hydroxyl groups is 1. The average Bonchev–Trinajstić information content (AvgIpc) is 2.68. The van der Waals surface area contributed by atoms with Crippen LogP contribution in [0, 0.1) is 11.3 Å². The van der Waals surface area contributed by atoms with E-state index >= 15 is 0 Å². The van der Waals surface area contributed by atoms with E-state index in [2.05, 4.69) is 6.07 Å². The van der Waals surface area contributed by atoms with E-state index in [4.69, 9.17) is 9.47 Å². The number of ether oxygens (including phenoxy) is 2. The van der Waals surface area contributed by atoms with Crippen molar-refractivity contribution in [3.05, 3.63) is 59.7 Å². The molecule has 1 heterocycles. The van der Waals surface area contributed by atoms with Gasteiger partial charge in [0.05, 0.1) is 24.3 Å². The summed E-state index contributed by atoms with van der Waals surface area (Å²) < 4.78 is 11.2. The summed E-state index contributed by atoms with van der Waals surface area (Å²) >= 11 is 0. The molecule has 0 fully saturated rings. The highest BCUT2D eigenvalue weighted by Crippen LogP contribution is 2.44. The predicted octanol–water partition coefficient (Wildman–Crippen LogP) is 3.20. The molecule has 2 atom stereocenters. The fraction of sp³-hybridized carbons (Fsp3) is 0.364. The largest absolute Gasteiger partial charge is 0.485 e. The Bertz CT molecular complexity index is 889. The number of anilines is 1. The van der Waals surface area contributed by atoms with Gasteiger partial charge in [0, 0.05) is 11.3 Å². The molecule has 0 aromatic heterocycles. The Morgan fingerprint density at radius 1 is 1.29 bits per heavy atom. The fourth-order valence-corrected chi connectivity index (χ4v) is 3.49. The van der Waals surface area contributed by atoms with Gasteiger partial charge in [-0.3, -0.25) is 4.79 Å². The summed E-state index contributed by atoms with van der Waals surface area (Å²) in [5, 5.41) is 20.5. The van der Waals surface area contributed by atoms with Crippen molar-refractivity contribution in [3.8, 4) is 11.8 Å². The zero-order valence-electron chi connectivity index (χ0n) is 16.3. The molecule has 0 spiro atoms. The smallest absolute Gasteiger partial charge is 0.325 e. The standard InChI is InChI=1S/C22H24N2O4/c1-4-27-19(25)14-24(16-8-6-5-7-9-16)20-17-12-15(13-23)10-11-18(17)28-22(2,3)21(20)26/h5-12,20-21,26H,4,14H2,1-3H3/t20-,21+/m1/s1. The number of aliphatic hydroxyl groups excluding tert-OH is 1. The van der Waals surface area contributed by atoms with Crippen molar-refractivity contribution in [2.24, 2.45) is 0 Å². The van der Waals surface area contributed by atoms with Gasteiger partial charge in [-0.15, -0.1) is 0 Å². The zero-order valence-corrected chi connectivity index (χ0v) is 16.3. The summed E-state index contributed by atoms with van der Waals surface area (Å²) in [5.74, 6) is 0.199. The number of para-hydroxylation sites is 1. The van der Waals surface area contributed by atoms with Crippen LogP contribution in [-0.4, -0.2) is 35.9 Å². The molecule has 0 aliphatic carbocycles. The van der Waals surface area contributed by atoms with Crippen LogP contribution < -0.4 is 9.64 Å². The van der Waals surface area contributed by atoms with Crippen LogP contribution in [0.2, 0.25) is 0 Å². The number of rotatable bonds is 5. The van der Waals surface area contributed by atoms with Gasteiger partial charge in [-0.05, 0) is 51.1 Å². The van der Waals surface area contributed by atoms with E-state index < -0.39 is 17.7 Å². The van der Waals surface area contributed by atoms with Crippen molar-refractivity contribution in [2.45, 2.75) is 38.5 Å². The third-order valence-corrected chi connectivity index (χ3v) is 4.87. The second-order valence-corrected chi connectivity index (χ2v) is 7.23. The number of benzene rings is 2. The van der Waals surface area contributed by atoms with Crippen molar-refractivity contribution in [2.75, 3.05) is 18.1 Å². The number of hydrogen-bond donors (Lipinski definition) is 1. The van der Waals surface area contributed by atoms with Gasteiger partial charge in [-0.1, -0.05) is 18.2 Å². The van der Waals surface area contributed by atoms with Crippen LogP contribution in [0.4, 0.5) is 5.69 Å². The molecule has 2 aromatic rings. The fourth-order valence-electron chi connectivity index (χ4n) is 3.49. The predicted molar refractivity (Wildman–Crippen MR) is 105 cm³/mol. The molecule has 3 rings (SSSR count). The Morgan fingerprint density at radius 3 is 2.64 bits per heavy atom. The van der Waals surface area contributed by atoms with Crippen LogP contribution in [-0.2, 0) is 9.53 Å². The van der Waals surface area contributed by atoms with Crippen LogP contribution in [0.15, 0.2) is 48.5 Å². The summed E-state index contributed by atoms with van der Waals surface area (Å²) in [4.78, 5) is 14.2. The first-order chi connectivity index (χ1) is 13.4. The maximum atomic E-state index is 12.3. The lowest BCUT2D eigenvalue weighted by atomic mass is 9.84. The van der Waals surface area contributed by atoms with E-state index in [1.807, 2.05) is 35.2 Å². The number of fused-ring (bicyclic) bond motifs is 1. The Labute approximate surface area is 164 Å². The first-order valence-electron chi connectivity index (χ1n) is 9.26. The highest BCUT2D eigenvalue weighted by atomic mass is 16.5. The topological polar surface area (TPSA) is 82.8 Å². The summed E-state index contributed by atoms with van der Waals surface area (Å²) in [5.41, 5.74) is 1.01. The van der Waals surface area contributed by atoms with E-state index in [0.29, 0.717) is 16.9 Å². The molecule has 28 heavy (non-hydrogen) atoms. The summed E-state index contributed by atoms with van der Waals surface area (Å²) in [6.45, 7) is 5.61.